The first kappa shape index (κ1) is 61.6. The second-order valence-corrected chi connectivity index (χ2v) is 33.8. The molecule has 3 heteroatoms. The third-order valence-electron chi connectivity index (χ3n) is 20.9. The highest BCUT2D eigenvalue weighted by molar-refractivity contribution is 6.04. The van der Waals surface area contributed by atoms with Crippen molar-refractivity contribution in [1.29, 1.82) is 0 Å². The van der Waals surface area contributed by atoms with Crippen molar-refractivity contribution < 1.29 is 0 Å². The quantitative estimate of drug-likeness (QED) is 0.149. The molecule has 2 aliphatic rings. The Morgan fingerprint density at radius 3 is 1.07 bits per heavy atom. The highest BCUT2D eigenvalue weighted by atomic mass is 16.1. The number of hydrogen-bond donors (Lipinski definition) is 0. The Morgan fingerprint density at radius 1 is 0.371 bits per heavy atom. The van der Waals surface area contributed by atoms with Gasteiger partial charge in [-0.2, -0.15) is 4.98 Å². The Balaban J connectivity index is 1.16. The van der Waals surface area contributed by atoms with Gasteiger partial charge in [0.05, 0.1) is 0 Å². The van der Waals surface area contributed by atoms with Gasteiger partial charge >= 0.3 is 0 Å². The van der Waals surface area contributed by atoms with Gasteiger partial charge in [0.25, 0.3) is 5.56 Å². The van der Waals surface area contributed by atoms with Crippen LogP contribution in [0.3, 0.4) is 0 Å². The fourth-order valence-corrected chi connectivity index (χ4v) is 14.5. The van der Waals surface area contributed by atoms with Crippen molar-refractivity contribution in [3.8, 4) is 77.9 Å². The maximum Gasteiger partial charge on any atom is 0.277 e. The van der Waals surface area contributed by atoms with Crippen LogP contribution in [-0.4, -0.2) is 9.38 Å². The van der Waals surface area contributed by atoms with E-state index in [1.807, 2.05) is 0 Å². The molecule has 0 N–H and O–H groups in total. The van der Waals surface area contributed by atoms with Crippen molar-refractivity contribution in [3.63, 3.8) is 0 Å². The number of pyridine rings is 1. The molecule has 456 valence electrons. The third-order valence-corrected chi connectivity index (χ3v) is 20.9. The van der Waals surface area contributed by atoms with E-state index in [2.05, 4.69) is 320 Å². The molecule has 8 aromatic carbocycles. The topological polar surface area (TPSA) is 34.4 Å². The molecule has 0 amide bonds. The summed E-state index contributed by atoms with van der Waals surface area (Å²) in [5.41, 5.74) is 26.5. The Labute approximate surface area is 533 Å². The molecule has 10 aromatic rings. The van der Waals surface area contributed by atoms with Gasteiger partial charge in [0.15, 0.2) is 0 Å². The average molecular weight is 1170 g/mol. The van der Waals surface area contributed by atoms with E-state index in [0.29, 0.717) is 0 Å². The van der Waals surface area contributed by atoms with E-state index in [9.17, 15) is 4.79 Å². The van der Waals surface area contributed by atoms with Gasteiger partial charge in [-0.25, -0.2) is 0 Å². The highest BCUT2D eigenvalue weighted by Gasteiger charge is 2.61. The third kappa shape index (κ3) is 11.2. The molecule has 1 fully saturated rings. The minimum Gasteiger partial charge on any atom is -0.304 e. The van der Waals surface area contributed by atoms with E-state index in [1.54, 1.807) is 0 Å². The molecule has 0 radical (unpaired) electrons. The van der Waals surface area contributed by atoms with Crippen molar-refractivity contribution in [3.05, 3.63) is 225 Å². The predicted molar refractivity (Wildman–Crippen MR) is 382 cm³/mol. The van der Waals surface area contributed by atoms with Crippen molar-refractivity contribution in [2.24, 2.45) is 5.41 Å². The van der Waals surface area contributed by atoms with E-state index in [1.165, 1.54) is 77.9 Å². The van der Waals surface area contributed by atoms with Gasteiger partial charge in [-0.3, -0.25) is 4.79 Å². The maximum absolute atomic E-state index is 14.5. The van der Waals surface area contributed by atoms with Gasteiger partial charge in [0, 0.05) is 28.3 Å². The zero-order valence-electron chi connectivity index (χ0n) is 57.5. The zero-order valence-corrected chi connectivity index (χ0v) is 57.5. The molecule has 2 atom stereocenters. The van der Waals surface area contributed by atoms with Crippen LogP contribution in [-0.2, 0) is 37.9 Å². The Bertz CT molecular complexity index is 4280. The van der Waals surface area contributed by atoms with Crippen LogP contribution in [0.4, 0.5) is 0 Å². The van der Waals surface area contributed by atoms with Crippen molar-refractivity contribution in [2.45, 2.75) is 202 Å². The smallest absolute Gasteiger partial charge is 0.277 e. The molecule has 3 nitrogen and oxygen atoms in total. The van der Waals surface area contributed by atoms with Crippen molar-refractivity contribution in [2.75, 3.05) is 0 Å². The molecule has 12 rings (SSSR count). The summed E-state index contributed by atoms with van der Waals surface area (Å²) in [6.07, 6.45) is 4.31. The standard InChI is InChI=1S/C86H96N2O/c1-79(2,3)65-29-25-52(26-30-65)54-37-55(53-27-31-66(32-28-53)80(4,5)6)39-56(38-54)60-43-61(45-64(44-60)71-23-22-24-73-72(71)34-36-88-76-75(78(89)87-77(73)88)74-33-35-86(76,21)85(74,19)20)57-40-58(62-46-67(81(7,8)9)50-68(47-62)82(10,11)12)42-59(41-57)63-48-69(83(13,14)15)51-70(49-63)84(16,17)18/h22-32,34,36-51,74H,33,35H2,1-21H3. The van der Waals surface area contributed by atoms with Gasteiger partial charge < -0.3 is 4.40 Å². The molecule has 0 aliphatic heterocycles. The number of fused-ring (bicyclic) bond motifs is 9. The van der Waals surface area contributed by atoms with Crippen LogP contribution in [0.1, 0.15) is 209 Å². The molecule has 2 aliphatic carbocycles. The maximum atomic E-state index is 14.5. The number of aromatic nitrogens is 2. The number of benzene rings is 8. The lowest BCUT2D eigenvalue weighted by Crippen LogP contribution is -2.33. The SMILES string of the molecule is CC(C)(C)c1ccc(-c2cc(-c3ccc(C(C)(C)C)cc3)cc(-c3cc(-c4cc(-c5cc(C(C)(C)C)cc(C(C)(C)C)c5)cc(-c5cc(C(C)(C)C)cc(C(C)(C)C)c5)c4)cc(-c4cccc5c4ccn4c6c(c(=O)nc54)C4CCC6(C)C4(C)C)c3)c2)cc1. The highest BCUT2D eigenvalue weighted by Crippen LogP contribution is 2.67. The molecule has 0 saturated heterocycles. The molecule has 0 spiro atoms. The summed E-state index contributed by atoms with van der Waals surface area (Å²) in [7, 11) is 0. The van der Waals surface area contributed by atoms with Crippen LogP contribution >= 0.6 is 0 Å². The van der Waals surface area contributed by atoms with Crippen LogP contribution in [0.15, 0.2) is 175 Å². The number of hydrogen-bond acceptors (Lipinski definition) is 2. The van der Waals surface area contributed by atoms with Crippen molar-refractivity contribution in [1.82, 2.24) is 9.38 Å². The summed E-state index contributed by atoms with van der Waals surface area (Å²) < 4.78 is 2.28. The largest absolute Gasteiger partial charge is 0.304 e. The van der Waals surface area contributed by atoms with E-state index in [0.717, 1.165) is 73.9 Å². The summed E-state index contributed by atoms with van der Waals surface area (Å²) in [6, 6.07) is 63.9. The van der Waals surface area contributed by atoms with Crippen LogP contribution < -0.4 is 5.56 Å². The Morgan fingerprint density at radius 2 is 0.708 bits per heavy atom. The van der Waals surface area contributed by atoms with Crippen LogP contribution in [0.25, 0.3) is 94.3 Å². The molecule has 2 unspecified atom stereocenters. The van der Waals surface area contributed by atoms with Gasteiger partial charge in [-0.15, -0.1) is 0 Å². The monoisotopic (exact) mass is 1170 g/mol. The van der Waals surface area contributed by atoms with Gasteiger partial charge in [-0.05, 0) is 234 Å². The lowest BCUT2D eigenvalue weighted by atomic mass is 9.70. The van der Waals surface area contributed by atoms with E-state index in [4.69, 9.17) is 4.98 Å². The molecular weight excluding hydrogens is 1080 g/mol. The summed E-state index contributed by atoms with van der Waals surface area (Å²) >= 11 is 0. The van der Waals surface area contributed by atoms with Crippen molar-refractivity contribution >= 4 is 16.4 Å². The summed E-state index contributed by atoms with van der Waals surface area (Å²) in [5.74, 6) is 0.206. The lowest BCUT2D eigenvalue weighted by Gasteiger charge is -2.35. The average Bonchev–Trinajstić information content (AvgIpc) is 1.52. The number of nitrogens with zero attached hydrogens (tertiary/aromatic N) is 2. The van der Waals surface area contributed by atoms with Crippen LogP contribution in [0.2, 0.25) is 0 Å². The summed E-state index contributed by atoms with van der Waals surface area (Å²) in [6.45, 7) is 48.9. The fraction of sp³-hybridized carbons (Fsp3) is 0.372. The second-order valence-electron chi connectivity index (χ2n) is 33.8. The molecule has 2 aromatic heterocycles. The normalized spacial score (nSPS) is 17.0. The van der Waals surface area contributed by atoms with E-state index < -0.39 is 0 Å². The Hall–Kier alpha value is -7.62. The van der Waals surface area contributed by atoms with Gasteiger partial charge in [0.2, 0.25) is 0 Å². The minimum absolute atomic E-state index is 0.0254. The molecule has 1 saturated carbocycles. The molecule has 2 bridgehead atoms. The molecular formula is C86H96N2O. The first-order chi connectivity index (χ1) is 41.4. The van der Waals surface area contributed by atoms with E-state index in [-0.39, 0.29) is 54.8 Å². The minimum atomic E-state index is -0.138. The Kier molecular flexibility index (Phi) is 14.5. The fourth-order valence-electron chi connectivity index (χ4n) is 14.5. The van der Waals surface area contributed by atoms with Gasteiger partial charge in [0.1, 0.15) is 5.65 Å². The van der Waals surface area contributed by atoms with Crippen LogP contribution in [0.5, 0.6) is 0 Å². The summed E-state index contributed by atoms with van der Waals surface area (Å²) in [4.78, 5) is 19.6. The number of rotatable bonds is 7. The summed E-state index contributed by atoms with van der Waals surface area (Å²) in [5, 5.41) is 2.05. The lowest BCUT2D eigenvalue weighted by molar-refractivity contribution is 0.226. The second kappa shape index (κ2) is 21.0. The van der Waals surface area contributed by atoms with E-state index >= 15 is 0 Å². The molecule has 89 heavy (non-hydrogen) atoms. The van der Waals surface area contributed by atoms with Gasteiger partial charge in [-0.1, -0.05) is 249 Å². The first-order valence-electron chi connectivity index (χ1n) is 32.9. The molecule has 2 heterocycles. The zero-order chi connectivity index (χ0) is 64.1. The van der Waals surface area contributed by atoms with Crippen LogP contribution in [0, 0.1) is 5.41 Å². The first-order valence-corrected chi connectivity index (χ1v) is 32.9. The predicted octanol–water partition coefficient (Wildman–Crippen LogP) is 23.5.